The second-order valence-electron chi connectivity index (χ2n) is 6.55. The van der Waals surface area contributed by atoms with Crippen LogP contribution in [0.5, 0.6) is 0 Å². The van der Waals surface area contributed by atoms with E-state index in [1.807, 2.05) is 6.07 Å². The number of non-ortho nitro benzene ring substituents is 1. The largest absolute Gasteiger partial charge is 0.378 e. The molecule has 0 radical (unpaired) electrons. The van der Waals surface area contributed by atoms with Gasteiger partial charge >= 0.3 is 0 Å². The fourth-order valence-electron chi connectivity index (χ4n) is 2.85. The number of benzene rings is 1. The molecular formula is C18H20N4O6S. The lowest BCUT2D eigenvalue weighted by Gasteiger charge is -2.28. The van der Waals surface area contributed by atoms with Gasteiger partial charge in [0, 0.05) is 49.8 Å². The number of rotatable bonds is 6. The molecular weight excluding hydrogens is 400 g/mol. The van der Waals surface area contributed by atoms with E-state index in [1.165, 1.54) is 0 Å². The molecule has 11 heteroatoms. The predicted octanol–water partition coefficient (Wildman–Crippen LogP) is 1.16. The summed E-state index contributed by atoms with van der Waals surface area (Å²) < 4.78 is 28.9. The first-order valence-corrected chi connectivity index (χ1v) is 10.7. The van der Waals surface area contributed by atoms with Crippen LogP contribution in [-0.4, -0.2) is 56.8 Å². The number of anilines is 1. The first-order valence-electron chi connectivity index (χ1n) is 8.79. The Kier molecular flexibility index (Phi) is 6.09. The molecule has 0 atom stereocenters. The van der Waals surface area contributed by atoms with Crippen molar-refractivity contribution >= 4 is 27.2 Å². The fourth-order valence-corrected chi connectivity index (χ4v) is 3.53. The summed E-state index contributed by atoms with van der Waals surface area (Å²) in [6.07, 6.45) is 2.57. The third-order valence-corrected chi connectivity index (χ3v) is 5.48. The quantitative estimate of drug-likeness (QED) is 0.544. The summed E-state index contributed by atoms with van der Waals surface area (Å²) in [6.45, 7) is 2.86. The van der Waals surface area contributed by atoms with E-state index in [9.17, 15) is 23.3 Å². The molecule has 1 saturated heterocycles. The van der Waals surface area contributed by atoms with Crippen molar-refractivity contribution in [3.63, 3.8) is 0 Å². The number of hydrogen-bond acceptors (Lipinski definition) is 8. The zero-order chi connectivity index (χ0) is 21.0. The molecule has 1 fully saturated rings. The van der Waals surface area contributed by atoms with Crippen molar-refractivity contribution in [2.24, 2.45) is 0 Å². The Morgan fingerprint density at radius 2 is 2.00 bits per heavy atom. The molecule has 0 spiro atoms. The zero-order valence-electron chi connectivity index (χ0n) is 15.7. The van der Waals surface area contributed by atoms with Gasteiger partial charge in [0.25, 0.3) is 11.6 Å². The van der Waals surface area contributed by atoms with Crippen molar-refractivity contribution in [1.29, 1.82) is 0 Å². The van der Waals surface area contributed by atoms with E-state index in [1.54, 1.807) is 12.3 Å². The van der Waals surface area contributed by atoms with Crippen LogP contribution in [0.2, 0.25) is 0 Å². The Balaban J connectivity index is 1.75. The van der Waals surface area contributed by atoms with Crippen molar-refractivity contribution in [2.75, 3.05) is 37.5 Å². The fraction of sp³-hybridized carbons (Fsp3) is 0.333. The van der Waals surface area contributed by atoms with E-state index < -0.39 is 26.4 Å². The number of sulfone groups is 1. The first-order chi connectivity index (χ1) is 13.7. The highest BCUT2D eigenvalue weighted by Gasteiger charge is 2.19. The molecule has 1 N–H and O–H groups in total. The molecule has 2 aromatic rings. The van der Waals surface area contributed by atoms with Crippen LogP contribution >= 0.6 is 0 Å². The number of nitro groups is 1. The van der Waals surface area contributed by atoms with Crippen LogP contribution in [0.3, 0.4) is 0 Å². The highest BCUT2D eigenvalue weighted by molar-refractivity contribution is 7.90. The molecule has 1 aromatic heterocycles. The number of nitrogens with zero attached hydrogens (tertiary/aromatic N) is 3. The van der Waals surface area contributed by atoms with E-state index in [0.29, 0.717) is 13.2 Å². The van der Waals surface area contributed by atoms with Gasteiger partial charge in [-0.05, 0) is 23.8 Å². The minimum Gasteiger partial charge on any atom is -0.378 e. The van der Waals surface area contributed by atoms with Crippen LogP contribution in [0.15, 0.2) is 41.4 Å². The van der Waals surface area contributed by atoms with Gasteiger partial charge in [-0.2, -0.15) is 0 Å². The van der Waals surface area contributed by atoms with Gasteiger partial charge in [-0.3, -0.25) is 14.9 Å². The van der Waals surface area contributed by atoms with Crippen molar-refractivity contribution in [3.8, 4) is 0 Å². The number of ether oxygens (including phenoxy) is 1. The molecule has 10 nitrogen and oxygen atoms in total. The molecule has 1 aliphatic heterocycles. The molecule has 29 heavy (non-hydrogen) atoms. The number of amides is 1. The maximum Gasteiger partial charge on any atom is 0.271 e. The minimum atomic E-state index is -3.71. The molecule has 154 valence electrons. The highest BCUT2D eigenvalue weighted by Crippen LogP contribution is 2.21. The van der Waals surface area contributed by atoms with Gasteiger partial charge in [-0.1, -0.05) is 0 Å². The first kappa shape index (κ1) is 20.7. The number of hydrogen-bond donors (Lipinski definition) is 1. The van der Waals surface area contributed by atoms with Gasteiger partial charge in [0.2, 0.25) is 0 Å². The van der Waals surface area contributed by atoms with E-state index in [2.05, 4.69) is 15.2 Å². The number of aromatic nitrogens is 1. The lowest BCUT2D eigenvalue weighted by molar-refractivity contribution is -0.385. The summed E-state index contributed by atoms with van der Waals surface area (Å²) in [5.41, 5.74) is 0.238. The Morgan fingerprint density at radius 3 is 2.66 bits per heavy atom. The smallest absolute Gasteiger partial charge is 0.271 e. The number of carbonyl (C=O) groups excluding carboxylic acids is 1. The number of nitrogens with one attached hydrogen (secondary N) is 1. The second-order valence-corrected chi connectivity index (χ2v) is 8.56. The number of carbonyl (C=O) groups is 1. The Bertz CT molecular complexity index is 1030. The molecule has 0 saturated carbocycles. The summed E-state index contributed by atoms with van der Waals surface area (Å²) in [5, 5.41) is 13.7. The van der Waals surface area contributed by atoms with Gasteiger partial charge in [-0.15, -0.1) is 0 Å². The molecule has 0 unspecified atom stereocenters. The Hall–Kier alpha value is -3.05. The van der Waals surface area contributed by atoms with E-state index in [4.69, 9.17) is 4.74 Å². The standard InChI is InChI=1S/C18H20N4O6S/c1-29(26,27)16-10-14(9-15(11-16)22(24)25)18(23)20-12-13-2-3-19-17(8-13)21-4-6-28-7-5-21/h2-3,8-11H,4-7,12H2,1H3,(H,20,23). The molecule has 0 aliphatic carbocycles. The van der Waals surface area contributed by atoms with Crippen molar-refractivity contribution < 1.29 is 22.9 Å². The molecule has 1 aliphatic rings. The molecule has 1 amide bonds. The summed E-state index contributed by atoms with van der Waals surface area (Å²) in [7, 11) is -3.71. The Morgan fingerprint density at radius 1 is 1.28 bits per heavy atom. The monoisotopic (exact) mass is 420 g/mol. The Labute approximate surface area is 167 Å². The summed E-state index contributed by atoms with van der Waals surface area (Å²) >= 11 is 0. The summed E-state index contributed by atoms with van der Waals surface area (Å²) in [5.74, 6) is 0.165. The van der Waals surface area contributed by atoms with Gasteiger partial charge in [0.1, 0.15) is 5.82 Å². The average Bonchev–Trinajstić information content (AvgIpc) is 2.72. The van der Waals surface area contributed by atoms with E-state index >= 15 is 0 Å². The summed E-state index contributed by atoms with van der Waals surface area (Å²) in [6, 6.07) is 6.71. The van der Waals surface area contributed by atoms with Crippen molar-refractivity contribution in [3.05, 3.63) is 57.8 Å². The molecule has 0 bridgehead atoms. The predicted molar refractivity (Wildman–Crippen MR) is 105 cm³/mol. The van der Waals surface area contributed by atoms with Crippen LogP contribution in [0, 0.1) is 10.1 Å². The lowest BCUT2D eigenvalue weighted by Crippen LogP contribution is -2.36. The number of morpholine rings is 1. The third-order valence-electron chi connectivity index (χ3n) is 4.39. The zero-order valence-corrected chi connectivity index (χ0v) is 16.5. The van der Waals surface area contributed by atoms with Gasteiger partial charge in [0.05, 0.1) is 23.0 Å². The third kappa shape index (κ3) is 5.27. The minimum absolute atomic E-state index is 0.0953. The highest BCUT2D eigenvalue weighted by atomic mass is 32.2. The van der Waals surface area contributed by atoms with E-state index in [0.717, 1.165) is 48.9 Å². The SMILES string of the molecule is CS(=O)(=O)c1cc(C(=O)NCc2ccnc(N3CCOCC3)c2)cc([N+](=O)[O-])c1. The molecule has 2 heterocycles. The maximum absolute atomic E-state index is 12.5. The average molecular weight is 420 g/mol. The molecule has 3 rings (SSSR count). The van der Waals surface area contributed by atoms with Crippen molar-refractivity contribution in [1.82, 2.24) is 10.3 Å². The van der Waals surface area contributed by atoms with Crippen LogP contribution in [0.25, 0.3) is 0 Å². The van der Waals surface area contributed by atoms with Crippen LogP contribution in [0.4, 0.5) is 11.5 Å². The van der Waals surface area contributed by atoms with Gasteiger partial charge < -0.3 is 15.0 Å². The van der Waals surface area contributed by atoms with E-state index in [-0.39, 0.29) is 17.0 Å². The maximum atomic E-state index is 12.5. The summed E-state index contributed by atoms with van der Waals surface area (Å²) in [4.78, 5) is 29.0. The normalized spacial score (nSPS) is 14.4. The topological polar surface area (TPSA) is 132 Å². The number of nitro benzene ring substituents is 1. The van der Waals surface area contributed by atoms with Crippen LogP contribution in [-0.2, 0) is 21.1 Å². The van der Waals surface area contributed by atoms with Crippen LogP contribution in [0.1, 0.15) is 15.9 Å². The van der Waals surface area contributed by atoms with Gasteiger partial charge in [0.15, 0.2) is 9.84 Å². The number of pyridine rings is 1. The second kappa shape index (κ2) is 8.53. The molecule has 1 aromatic carbocycles. The van der Waals surface area contributed by atoms with Crippen molar-refractivity contribution in [2.45, 2.75) is 11.4 Å². The van der Waals surface area contributed by atoms with Gasteiger partial charge in [-0.25, -0.2) is 13.4 Å². The lowest BCUT2D eigenvalue weighted by atomic mass is 10.1. The van der Waals surface area contributed by atoms with Crippen LogP contribution < -0.4 is 10.2 Å².